The highest BCUT2D eigenvalue weighted by Crippen LogP contribution is 2.43. The van der Waals surface area contributed by atoms with Crippen molar-refractivity contribution in [1.29, 1.82) is 0 Å². The molecular formula is C21H32F2O4. The predicted molar refractivity (Wildman–Crippen MR) is 97.6 cm³/mol. The molecule has 3 unspecified atom stereocenters. The molecule has 1 saturated carbocycles. The lowest BCUT2D eigenvalue weighted by atomic mass is 9.89. The zero-order valence-electron chi connectivity index (χ0n) is 16.4. The van der Waals surface area contributed by atoms with E-state index in [1.807, 2.05) is 13.0 Å². The number of ether oxygens (including phenoxy) is 3. The van der Waals surface area contributed by atoms with E-state index in [0.29, 0.717) is 19.4 Å². The summed E-state index contributed by atoms with van der Waals surface area (Å²) in [7, 11) is 0. The van der Waals surface area contributed by atoms with Gasteiger partial charge in [-0.05, 0) is 51.4 Å². The number of carbonyl (C=O) groups excluding carboxylic acids is 1. The highest BCUT2D eigenvalue weighted by Gasteiger charge is 2.52. The maximum absolute atomic E-state index is 15.4. The van der Waals surface area contributed by atoms with Crippen molar-refractivity contribution in [2.75, 3.05) is 6.61 Å². The van der Waals surface area contributed by atoms with Crippen LogP contribution in [0, 0.1) is 11.8 Å². The average molecular weight is 386 g/mol. The van der Waals surface area contributed by atoms with Gasteiger partial charge in [0.1, 0.15) is 17.9 Å². The number of alkyl halides is 2. The molecule has 0 aromatic carbocycles. The summed E-state index contributed by atoms with van der Waals surface area (Å²) in [6.07, 6.45) is 6.75. The zero-order valence-corrected chi connectivity index (χ0v) is 16.4. The molecule has 3 fully saturated rings. The standard InChI is InChI=1S/C21H32F2O4/c1-3-4-12-21(2,23)16(27-17-7-5-6-13-25-17)11-9-14-8-10-15-18(14)19(22)20(24)26-15/h9,11,14-19H,3-8,10,12-13H2,1-2H3/b11-9+/t14-,15+,16?,17?,18-,19+,21?/m0/s1. The minimum Gasteiger partial charge on any atom is -0.460 e. The summed E-state index contributed by atoms with van der Waals surface area (Å²) in [4.78, 5) is 11.5. The smallest absolute Gasteiger partial charge is 0.341 e. The molecule has 27 heavy (non-hydrogen) atoms. The molecule has 0 radical (unpaired) electrons. The summed E-state index contributed by atoms with van der Waals surface area (Å²) < 4.78 is 46.3. The molecule has 3 aliphatic rings. The number of esters is 1. The van der Waals surface area contributed by atoms with Crippen LogP contribution in [0.25, 0.3) is 0 Å². The predicted octanol–water partition coefficient (Wildman–Crippen LogP) is 4.66. The Morgan fingerprint density at radius 2 is 2.15 bits per heavy atom. The van der Waals surface area contributed by atoms with Crippen molar-refractivity contribution in [3.8, 4) is 0 Å². The van der Waals surface area contributed by atoms with E-state index in [1.165, 1.54) is 0 Å². The lowest BCUT2D eigenvalue weighted by Gasteiger charge is -2.33. The Morgan fingerprint density at radius 1 is 1.33 bits per heavy atom. The monoisotopic (exact) mass is 386 g/mol. The van der Waals surface area contributed by atoms with Crippen molar-refractivity contribution in [1.82, 2.24) is 0 Å². The van der Waals surface area contributed by atoms with Crippen LogP contribution in [0.15, 0.2) is 12.2 Å². The summed E-state index contributed by atoms with van der Waals surface area (Å²) >= 11 is 0. The molecule has 0 bridgehead atoms. The van der Waals surface area contributed by atoms with Crippen LogP contribution in [0.2, 0.25) is 0 Å². The number of hydrogen-bond donors (Lipinski definition) is 0. The molecule has 2 heterocycles. The number of rotatable bonds is 8. The third-order valence-corrected chi connectivity index (χ3v) is 6.12. The maximum Gasteiger partial charge on any atom is 0.341 e. The van der Waals surface area contributed by atoms with E-state index in [0.717, 1.165) is 38.5 Å². The van der Waals surface area contributed by atoms with Crippen LogP contribution in [0.5, 0.6) is 0 Å². The molecule has 0 N–H and O–H groups in total. The van der Waals surface area contributed by atoms with Crippen LogP contribution in [0.1, 0.15) is 65.2 Å². The summed E-state index contributed by atoms with van der Waals surface area (Å²) in [5.41, 5.74) is -1.53. The second-order valence-electron chi connectivity index (χ2n) is 8.31. The number of halogens is 2. The summed E-state index contributed by atoms with van der Waals surface area (Å²) in [5, 5.41) is 0. The first-order valence-electron chi connectivity index (χ1n) is 10.4. The average Bonchev–Trinajstić information content (AvgIpc) is 3.17. The first-order chi connectivity index (χ1) is 12.9. The van der Waals surface area contributed by atoms with Crippen molar-refractivity contribution in [3.05, 3.63) is 12.2 Å². The Hall–Kier alpha value is -1.01. The van der Waals surface area contributed by atoms with E-state index in [2.05, 4.69) is 0 Å². The lowest BCUT2D eigenvalue weighted by Crippen LogP contribution is -2.40. The fourth-order valence-corrected chi connectivity index (χ4v) is 4.43. The fraction of sp³-hybridized carbons (Fsp3) is 0.857. The van der Waals surface area contributed by atoms with E-state index in [9.17, 15) is 9.18 Å². The quantitative estimate of drug-likeness (QED) is 0.449. The van der Waals surface area contributed by atoms with E-state index in [-0.39, 0.29) is 12.0 Å². The van der Waals surface area contributed by atoms with Gasteiger partial charge in [0.2, 0.25) is 6.17 Å². The van der Waals surface area contributed by atoms with E-state index in [4.69, 9.17) is 14.2 Å². The van der Waals surface area contributed by atoms with Crippen LogP contribution in [-0.4, -0.2) is 42.9 Å². The van der Waals surface area contributed by atoms with Gasteiger partial charge in [-0.15, -0.1) is 0 Å². The molecule has 4 nitrogen and oxygen atoms in total. The molecule has 7 atom stereocenters. The Bertz CT molecular complexity index is 530. The largest absolute Gasteiger partial charge is 0.460 e. The summed E-state index contributed by atoms with van der Waals surface area (Å²) in [6, 6.07) is 0. The third-order valence-electron chi connectivity index (χ3n) is 6.12. The van der Waals surface area contributed by atoms with Crippen LogP contribution >= 0.6 is 0 Å². The molecule has 0 spiro atoms. The van der Waals surface area contributed by atoms with Crippen molar-refractivity contribution < 1.29 is 27.8 Å². The lowest BCUT2D eigenvalue weighted by molar-refractivity contribution is -0.201. The molecule has 2 saturated heterocycles. The van der Waals surface area contributed by atoms with Crippen molar-refractivity contribution >= 4 is 5.97 Å². The summed E-state index contributed by atoms with van der Waals surface area (Å²) in [6.45, 7) is 4.23. The Labute approximate surface area is 160 Å². The fourth-order valence-electron chi connectivity index (χ4n) is 4.43. The van der Waals surface area contributed by atoms with Crippen LogP contribution in [0.3, 0.4) is 0 Å². The van der Waals surface area contributed by atoms with Crippen molar-refractivity contribution in [2.24, 2.45) is 11.8 Å². The molecule has 0 aromatic heterocycles. The topological polar surface area (TPSA) is 44.8 Å². The van der Waals surface area contributed by atoms with E-state index >= 15 is 4.39 Å². The van der Waals surface area contributed by atoms with Gasteiger partial charge in [-0.3, -0.25) is 0 Å². The highest BCUT2D eigenvalue weighted by atomic mass is 19.1. The van der Waals surface area contributed by atoms with Gasteiger partial charge in [0.05, 0.1) is 0 Å². The minimum absolute atomic E-state index is 0.128. The Morgan fingerprint density at radius 3 is 2.85 bits per heavy atom. The van der Waals surface area contributed by atoms with Gasteiger partial charge >= 0.3 is 5.97 Å². The number of hydrogen-bond acceptors (Lipinski definition) is 4. The van der Waals surface area contributed by atoms with Gasteiger partial charge in [-0.2, -0.15) is 0 Å². The number of allylic oxidation sites excluding steroid dienone is 1. The van der Waals surface area contributed by atoms with Crippen molar-refractivity contribution in [3.63, 3.8) is 0 Å². The van der Waals surface area contributed by atoms with Gasteiger partial charge < -0.3 is 14.2 Å². The third kappa shape index (κ3) is 4.89. The van der Waals surface area contributed by atoms with Crippen LogP contribution < -0.4 is 0 Å². The van der Waals surface area contributed by atoms with Crippen molar-refractivity contribution in [2.45, 2.75) is 95.6 Å². The van der Waals surface area contributed by atoms with Gasteiger partial charge in [-0.25, -0.2) is 13.6 Å². The molecular weight excluding hydrogens is 354 g/mol. The Kier molecular flexibility index (Phi) is 6.90. The van der Waals surface area contributed by atoms with Gasteiger partial charge in [0, 0.05) is 12.5 Å². The molecule has 154 valence electrons. The number of fused-ring (bicyclic) bond motifs is 1. The van der Waals surface area contributed by atoms with Gasteiger partial charge in [0.15, 0.2) is 6.29 Å². The SMILES string of the molecule is CCCCC(C)(F)C(/C=C/[C@@H]1CC[C@H]2OC(=O)[C@H](F)[C@@H]12)OC1CCCCO1. The second kappa shape index (κ2) is 8.99. The van der Waals surface area contributed by atoms with E-state index < -0.39 is 36.1 Å². The molecule has 0 aromatic rings. The molecule has 0 amide bonds. The van der Waals surface area contributed by atoms with Gasteiger partial charge in [-0.1, -0.05) is 31.9 Å². The van der Waals surface area contributed by atoms with Crippen LogP contribution in [-0.2, 0) is 19.0 Å². The molecule has 3 rings (SSSR count). The highest BCUT2D eigenvalue weighted by molar-refractivity contribution is 5.77. The van der Waals surface area contributed by atoms with Crippen LogP contribution in [0.4, 0.5) is 8.78 Å². The van der Waals surface area contributed by atoms with E-state index in [1.54, 1.807) is 13.0 Å². The molecule has 2 aliphatic heterocycles. The maximum atomic E-state index is 15.4. The Balaban J connectivity index is 1.69. The second-order valence-corrected chi connectivity index (χ2v) is 8.31. The number of unbranched alkanes of at least 4 members (excludes halogenated alkanes) is 1. The zero-order chi connectivity index (χ0) is 19.4. The number of carbonyl (C=O) groups is 1. The first kappa shape index (κ1) is 20.7. The summed E-state index contributed by atoms with van der Waals surface area (Å²) in [5.74, 6) is -1.34. The minimum atomic E-state index is -1.58. The first-order valence-corrected chi connectivity index (χ1v) is 10.4. The van der Waals surface area contributed by atoms with Gasteiger partial charge in [0.25, 0.3) is 0 Å². The molecule has 1 aliphatic carbocycles. The molecule has 6 heteroatoms. The normalized spacial score (nSPS) is 37.2.